The fourth-order valence-corrected chi connectivity index (χ4v) is 5.90. The lowest BCUT2D eigenvalue weighted by atomic mass is 9.90. The number of benzene rings is 1. The highest BCUT2D eigenvalue weighted by molar-refractivity contribution is 7.93. The third kappa shape index (κ3) is 2.95. The van der Waals surface area contributed by atoms with E-state index in [1.165, 1.54) is 18.2 Å². The van der Waals surface area contributed by atoms with Gasteiger partial charge in [-0.05, 0) is 31.0 Å². The Hall–Kier alpha value is -1.80. The number of hydrogen-bond donors (Lipinski definition) is 1. The molecule has 2 atom stereocenters. The van der Waals surface area contributed by atoms with Crippen LogP contribution in [0.1, 0.15) is 37.8 Å². The predicted octanol–water partition coefficient (Wildman–Crippen LogP) is 1.51. The topological polar surface area (TPSA) is 98.8 Å². The summed E-state index contributed by atoms with van der Waals surface area (Å²) in [6.07, 6.45) is 0.809. The summed E-state index contributed by atoms with van der Waals surface area (Å²) < 4.78 is 44.5. The average molecular weight is 382 g/mol. The molecule has 0 saturated carbocycles. The van der Waals surface area contributed by atoms with Gasteiger partial charge in [-0.1, -0.05) is 13.0 Å². The van der Waals surface area contributed by atoms with Gasteiger partial charge in [0, 0.05) is 25.0 Å². The van der Waals surface area contributed by atoms with Crippen molar-refractivity contribution in [1.82, 2.24) is 0 Å². The number of aliphatic imine (C=N–C) groups is 1. The van der Waals surface area contributed by atoms with E-state index in [9.17, 15) is 17.6 Å². The van der Waals surface area contributed by atoms with Crippen LogP contribution in [0.3, 0.4) is 0 Å². The van der Waals surface area contributed by atoms with E-state index >= 15 is 0 Å². The van der Waals surface area contributed by atoms with Crippen molar-refractivity contribution in [2.75, 3.05) is 19.0 Å². The van der Waals surface area contributed by atoms with Gasteiger partial charge < -0.3 is 10.5 Å². The first-order valence-corrected chi connectivity index (χ1v) is 10.3. The van der Waals surface area contributed by atoms with E-state index in [1.807, 2.05) is 0 Å². The van der Waals surface area contributed by atoms with Crippen LogP contribution < -0.4 is 5.73 Å². The molecule has 1 spiro atoms. The van der Waals surface area contributed by atoms with Crippen molar-refractivity contribution in [3.8, 4) is 0 Å². The molecule has 0 aromatic heterocycles. The lowest BCUT2D eigenvalue weighted by molar-refractivity contribution is -0.118. The highest BCUT2D eigenvalue weighted by atomic mass is 32.2. The summed E-state index contributed by atoms with van der Waals surface area (Å²) in [4.78, 5) is 16.1. The third-order valence-electron chi connectivity index (χ3n) is 5.29. The minimum atomic E-state index is -3.70. The Labute approximate surface area is 152 Å². The second-order valence-electron chi connectivity index (χ2n) is 7.21. The van der Waals surface area contributed by atoms with Gasteiger partial charge in [0.15, 0.2) is 14.6 Å². The highest BCUT2D eigenvalue weighted by Gasteiger charge is 2.57. The number of Topliss-reactive ketones (excluding diaryl/α,β-unsaturated/α-hetero) is 1. The van der Waals surface area contributed by atoms with Gasteiger partial charge in [-0.2, -0.15) is 0 Å². The maximum Gasteiger partial charge on any atom is 0.168 e. The average Bonchev–Trinajstić information content (AvgIpc) is 3.06. The lowest BCUT2D eigenvalue weighted by Gasteiger charge is -2.39. The summed E-state index contributed by atoms with van der Waals surface area (Å²) in [7, 11) is -3.70. The van der Waals surface area contributed by atoms with E-state index in [1.54, 1.807) is 13.8 Å². The summed E-state index contributed by atoms with van der Waals surface area (Å²) in [5, 5.41) is 0. The fraction of sp³-hybridized carbons (Fsp3) is 0.556. The number of halogens is 1. The largest absolute Gasteiger partial charge is 0.386 e. The maximum atomic E-state index is 14.6. The Morgan fingerprint density at radius 1 is 1.42 bits per heavy atom. The first-order valence-electron chi connectivity index (χ1n) is 8.60. The molecule has 2 N–H and O–H groups in total. The number of ketones is 1. The van der Waals surface area contributed by atoms with E-state index in [4.69, 9.17) is 10.5 Å². The molecule has 8 heteroatoms. The number of nitrogens with zero attached hydrogens (tertiary/aromatic N) is 1. The van der Waals surface area contributed by atoms with Crippen LogP contribution in [0.5, 0.6) is 0 Å². The van der Waals surface area contributed by atoms with E-state index < -0.39 is 25.9 Å². The molecule has 3 rings (SSSR count). The number of carbonyl (C=O) groups excluding carboxylic acids is 1. The molecule has 0 amide bonds. The molecule has 26 heavy (non-hydrogen) atoms. The zero-order valence-corrected chi connectivity index (χ0v) is 15.7. The number of sulfone groups is 1. The monoisotopic (exact) mass is 382 g/mol. The number of carbonyl (C=O) groups is 1. The van der Waals surface area contributed by atoms with Gasteiger partial charge in [-0.25, -0.2) is 12.8 Å². The van der Waals surface area contributed by atoms with Crippen LogP contribution in [-0.2, 0) is 31.3 Å². The SMILES string of the molecule is CCC(=O)Cc1ccc(F)c([C@]2(C)CS(=O)(=O)[C@]3(CCOC3)C(N)=N2)c1. The maximum absolute atomic E-state index is 14.6. The molecule has 1 aromatic rings. The van der Waals surface area contributed by atoms with E-state index in [2.05, 4.69) is 4.99 Å². The highest BCUT2D eigenvalue weighted by Crippen LogP contribution is 2.41. The minimum absolute atomic E-state index is 0.0196. The molecule has 2 heterocycles. The number of amidine groups is 1. The van der Waals surface area contributed by atoms with Crippen LogP contribution in [0.15, 0.2) is 23.2 Å². The summed E-state index contributed by atoms with van der Waals surface area (Å²) in [6.45, 7) is 3.60. The third-order valence-corrected chi connectivity index (χ3v) is 7.96. The van der Waals surface area contributed by atoms with E-state index in [0.29, 0.717) is 18.6 Å². The van der Waals surface area contributed by atoms with E-state index in [0.717, 1.165) is 0 Å². The first kappa shape index (κ1) is 19.0. The Bertz CT molecular complexity index is 875. The molecule has 6 nitrogen and oxygen atoms in total. The molecule has 2 aliphatic rings. The van der Waals surface area contributed by atoms with Crippen LogP contribution >= 0.6 is 0 Å². The number of nitrogens with two attached hydrogens (primary N) is 1. The Balaban J connectivity index is 2.08. The Kier molecular flexibility index (Phi) is 4.69. The van der Waals surface area contributed by atoms with Gasteiger partial charge in [-0.15, -0.1) is 0 Å². The molecule has 1 aromatic carbocycles. The zero-order chi connectivity index (χ0) is 19.2. The summed E-state index contributed by atoms with van der Waals surface area (Å²) >= 11 is 0. The van der Waals surface area contributed by atoms with Crippen molar-refractivity contribution in [3.05, 3.63) is 35.1 Å². The van der Waals surface area contributed by atoms with Gasteiger partial charge in [0.25, 0.3) is 0 Å². The molecule has 142 valence electrons. The standard InChI is InChI=1S/C18H23FN2O4S/c1-3-13(22)8-12-4-5-15(19)14(9-12)17(2)11-26(23,24)18(16(20)21-17)6-7-25-10-18/h4-5,9H,3,6-8,10-11H2,1-2H3,(H2,20,21)/t17-,18-/m0/s1. The molecule has 0 aliphatic carbocycles. The zero-order valence-electron chi connectivity index (χ0n) is 14.9. The summed E-state index contributed by atoms with van der Waals surface area (Å²) in [5.74, 6) is -0.926. The second-order valence-corrected chi connectivity index (χ2v) is 9.51. The quantitative estimate of drug-likeness (QED) is 0.851. The molecule has 0 bridgehead atoms. The van der Waals surface area contributed by atoms with Crippen molar-refractivity contribution in [2.24, 2.45) is 10.7 Å². The molecular formula is C18H23FN2O4S. The van der Waals surface area contributed by atoms with Crippen molar-refractivity contribution >= 4 is 21.5 Å². The molecule has 2 aliphatic heterocycles. The van der Waals surface area contributed by atoms with Gasteiger partial charge in [0.2, 0.25) is 0 Å². The van der Waals surface area contributed by atoms with Gasteiger partial charge in [0.05, 0.1) is 12.4 Å². The molecule has 1 saturated heterocycles. The smallest absolute Gasteiger partial charge is 0.168 e. The lowest BCUT2D eigenvalue weighted by Crippen LogP contribution is -2.58. The molecule has 0 radical (unpaired) electrons. The van der Waals surface area contributed by atoms with Crippen LogP contribution in [-0.4, -0.2) is 43.8 Å². The van der Waals surface area contributed by atoms with Crippen molar-refractivity contribution in [2.45, 2.75) is 43.4 Å². The number of hydrogen-bond acceptors (Lipinski definition) is 6. The summed E-state index contributed by atoms with van der Waals surface area (Å²) in [6, 6.07) is 4.31. The van der Waals surface area contributed by atoms with Crippen molar-refractivity contribution < 1.29 is 22.3 Å². The second kappa shape index (κ2) is 6.42. The van der Waals surface area contributed by atoms with Crippen LogP contribution in [0.2, 0.25) is 0 Å². The Morgan fingerprint density at radius 2 is 2.15 bits per heavy atom. The van der Waals surface area contributed by atoms with Crippen LogP contribution in [0.4, 0.5) is 4.39 Å². The van der Waals surface area contributed by atoms with Gasteiger partial charge in [0.1, 0.15) is 23.0 Å². The van der Waals surface area contributed by atoms with Crippen LogP contribution in [0.25, 0.3) is 0 Å². The number of rotatable bonds is 4. The molecular weight excluding hydrogens is 359 g/mol. The molecule has 1 fully saturated rings. The minimum Gasteiger partial charge on any atom is -0.386 e. The molecule has 0 unspecified atom stereocenters. The van der Waals surface area contributed by atoms with Crippen molar-refractivity contribution in [1.29, 1.82) is 0 Å². The van der Waals surface area contributed by atoms with Crippen LogP contribution in [0, 0.1) is 5.82 Å². The fourth-order valence-electron chi connectivity index (χ4n) is 3.65. The van der Waals surface area contributed by atoms with Gasteiger partial charge >= 0.3 is 0 Å². The van der Waals surface area contributed by atoms with Crippen molar-refractivity contribution in [3.63, 3.8) is 0 Å². The predicted molar refractivity (Wildman–Crippen MR) is 96.3 cm³/mol. The van der Waals surface area contributed by atoms with Gasteiger partial charge in [-0.3, -0.25) is 9.79 Å². The Morgan fingerprint density at radius 3 is 2.73 bits per heavy atom. The number of ether oxygens (including phenoxy) is 1. The normalized spacial score (nSPS) is 30.3. The summed E-state index contributed by atoms with van der Waals surface area (Å²) in [5.41, 5.74) is 5.49. The first-order chi connectivity index (χ1) is 12.1. The van der Waals surface area contributed by atoms with E-state index in [-0.39, 0.29) is 42.4 Å².